The Balaban J connectivity index is 1.98. The highest BCUT2D eigenvalue weighted by atomic mass is 16.2. The Hall–Kier alpha value is -1.91. The third-order valence-corrected chi connectivity index (χ3v) is 4.16. The maximum absolute atomic E-state index is 12.8. The Labute approximate surface area is 125 Å². The lowest BCUT2D eigenvalue weighted by atomic mass is 9.91. The summed E-state index contributed by atoms with van der Waals surface area (Å²) in [6.45, 7) is 9.99. The molecule has 1 aliphatic rings. The van der Waals surface area contributed by atoms with E-state index in [1.54, 1.807) is 10.7 Å². The van der Waals surface area contributed by atoms with Crippen LogP contribution in [-0.4, -0.2) is 38.5 Å². The van der Waals surface area contributed by atoms with E-state index in [4.69, 9.17) is 0 Å². The molecule has 0 aliphatic carbocycles. The first-order valence-electron chi connectivity index (χ1n) is 7.57. The fourth-order valence-electron chi connectivity index (χ4n) is 3.42. The molecule has 3 heterocycles. The van der Waals surface area contributed by atoms with Crippen LogP contribution in [0.25, 0.3) is 5.65 Å². The van der Waals surface area contributed by atoms with Crippen molar-refractivity contribution in [1.82, 2.24) is 19.5 Å². The molecule has 0 radical (unpaired) electrons. The van der Waals surface area contributed by atoms with Crippen molar-refractivity contribution in [3.8, 4) is 0 Å². The van der Waals surface area contributed by atoms with Crippen molar-refractivity contribution < 1.29 is 4.79 Å². The summed E-state index contributed by atoms with van der Waals surface area (Å²) in [4.78, 5) is 19.3. The molecule has 112 valence electrons. The standard InChI is InChI=1S/C16H22N4O/c1-10-5-11(2)9-19(8-10)16(21)14-7-17-20-13(4)6-12(3)18-15(14)20/h6-7,10-11H,5,8-9H2,1-4H3/t10-,11-/m1/s1. The van der Waals surface area contributed by atoms with Crippen molar-refractivity contribution in [1.29, 1.82) is 0 Å². The Morgan fingerprint density at radius 2 is 1.90 bits per heavy atom. The lowest BCUT2D eigenvalue weighted by Crippen LogP contribution is -2.42. The minimum atomic E-state index is 0.0564. The molecule has 0 spiro atoms. The van der Waals surface area contributed by atoms with Gasteiger partial charge in [-0.1, -0.05) is 13.8 Å². The molecule has 0 saturated carbocycles. The number of amides is 1. The van der Waals surface area contributed by atoms with Gasteiger partial charge < -0.3 is 4.90 Å². The van der Waals surface area contributed by atoms with Gasteiger partial charge in [-0.3, -0.25) is 4.79 Å². The van der Waals surface area contributed by atoms with Gasteiger partial charge in [0.05, 0.1) is 6.20 Å². The summed E-state index contributed by atoms with van der Waals surface area (Å²) in [5.41, 5.74) is 3.19. The van der Waals surface area contributed by atoms with Gasteiger partial charge in [0.15, 0.2) is 5.65 Å². The van der Waals surface area contributed by atoms with E-state index >= 15 is 0 Å². The van der Waals surface area contributed by atoms with Crippen LogP contribution in [-0.2, 0) is 0 Å². The van der Waals surface area contributed by atoms with Gasteiger partial charge in [0.25, 0.3) is 5.91 Å². The number of hydrogen-bond donors (Lipinski definition) is 0. The van der Waals surface area contributed by atoms with Crippen LogP contribution in [0.2, 0.25) is 0 Å². The lowest BCUT2D eigenvalue weighted by molar-refractivity contribution is 0.0625. The van der Waals surface area contributed by atoms with Crippen molar-refractivity contribution in [2.45, 2.75) is 34.1 Å². The highest BCUT2D eigenvalue weighted by Crippen LogP contribution is 2.23. The SMILES string of the molecule is Cc1cc(C)n2ncc(C(=O)N3C[C@H](C)C[C@@H](C)C3)c2n1. The zero-order chi connectivity index (χ0) is 15.1. The molecule has 2 aromatic rings. The van der Waals surface area contributed by atoms with Gasteiger partial charge in [-0.15, -0.1) is 0 Å². The molecular formula is C16H22N4O. The van der Waals surface area contributed by atoms with E-state index in [0.29, 0.717) is 23.0 Å². The predicted octanol–water partition coefficient (Wildman–Crippen LogP) is 2.46. The van der Waals surface area contributed by atoms with Crippen LogP contribution in [0.5, 0.6) is 0 Å². The van der Waals surface area contributed by atoms with Gasteiger partial charge in [-0.05, 0) is 38.2 Å². The number of aromatic nitrogens is 3. The molecule has 1 fully saturated rings. The van der Waals surface area contributed by atoms with Crippen molar-refractivity contribution in [3.05, 3.63) is 29.2 Å². The molecule has 0 N–H and O–H groups in total. The summed E-state index contributed by atoms with van der Waals surface area (Å²) in [6, 6.07) is 1.97. The minimum absolute atomic E-state index is 0.0564. The van der Waals surface area contributed by atoms with Crippen LogP contribution < -0.4 is 0 Å². The van der Waals surface area contributed by atoms with Gasteiger partial charge >= 0.3 is 0 Å². The number of carbonyl (C=O) groups is 1. The van der Waals surface area contributed by atoms with Crippen LogP contribution in [0.3, 0.4) is 0 Å². The first kappa shape index (κ1) is 14.0. The number of piperidine rings is 1. The fourth-order valence-corrected chi connectivity index (χ4v) is 3.42. The number of nitrogens with zero attached hydrogens (tertiary/aromatic N) is 4. The van der Waals surface area contributed by atoms with E-state index in [1.165, 1.54) is 6.42 Å². The largest absolute Gasteiger partial charge is 0.338 e. The first-order chi connectivity index (χ1) is 9.95. The van der Waals surface area contributed by atoms with Gasteiger partial charge in [0.2, 0.25) is 0 Å². The number of likely N-dealkylation sites (tertiary alicyclic amines) is 1. The van der Waals surface area contributed by atoms with Gasteiger partial charge in [-0.25, -0.2) is 9.50 Å². The van der Waals surface area contributed by atoms with E-state index in [1.807, 2.05) is 24.8 Å². The molecule has 5 heteroatoms. The number of aryl methyl sites for hydroxylation is 2. The molecule has 1 amide bonds. The van der Waals surface area contributed by atoms with E-state index < -0.39 is 0 Å². The molecule has 21 heavy (non-hydrogen) atoms. The molecule has 0 bridgehead atoms. The minimum Gasteiger partial charge on any atom is -0.338 e. The summed E-state index contributed by atoms with van der Waals surface area (Å²) in [5, 5.41) is 4.32. The highest BCUT2D eigenvalue weighted by Gasteiger charge is 2.28. The summed E-state index contributed by atoms with van der Waals surface area (Å²) in [7, 11) is 0. The fraction of sp³-hybridized carbons (Fsp3) is 0.562. The average molecular weight is 286 g/mol. The maximum atomic E-state index is 12.8. The topological polar surface area (TPSA) is 50.5 Å². The normalized spacial score (nSPS) is 22.8. The third-order valence-electron chi connectivity index (χ3n) is 4.16. The summed E-state index contributed by atoms with van der Waals surface area (Å²) in [5.74, 6) is 1.16. The van der Waals surface area contributed by atoms with Crippen molar-refractivity contribution in [2.24, 2.45) is 11.8 Å². The Morgan fingerprint density at radius 1 is 1.24 bits per heavy atom. The second-order valence-electron chi connectivity index (χ2n) is 6.49. The summed E-state index contributed by atoms with van der Waals surface area (Å²) in [6.07, 6.45) is 2.84. The Bertz CT molecular complexity index is 681. The molecule has 0 aromatic carbocycles. The van der Waals surface area contributed by atoms with E-state index in [0.717, 1.165) is 24.5 Å². The Kier molecular flexibility index (Phi) is 3.43. The van der Waals surface area contributed by atoms with E-state index in [-0.39, 0.29) is 5.91 Å². The van der Waals surface area contributed by atoms with Crippen LogP contribution in [0.4, 0.5) is 0 Å². The summed E-state index contributed by atoms with van der Waals surface area (Å²) >= 11 is 0. The van der Waals surface area contributed by atoms with Crippen LogP contribution in [0, 0.1) is 25.7 Å². The maximum Gasteiger partial charge on any atom is 0.259 e. The monoisotopic (exact) mass is 286 g/mol. The van der Waals surface area contributed by atoms with Crippen LogP contribution in [0.1, 0.15) is 42.0 Å². The van der Waals surface area contributed by atoms with Crippen molar-refractivity contribution in [2.75, 3.05) is 13.1 Å². The van der Waals surface area contributed by atoms with E-state index in [9.17, 15) is 4.79 Å². The molecule has 1 saturated heterocycles. The number of carbonyl (C=O) groups excluding carboxylic acids is 1. The molecule has 5 nitrogen and oxygen atoms in total. The summed E-state index contributed by atoms with van der Waals surface area (Å²) < 4.78 is 1.75. The zero-order valence-electron chi connectivity index (χ0n) is 13.1. The van der Waals surface area contributed by atoms with Gasteiger partial charge in [0.1, 0.15) is 5.56 Å². The lowest BCUT2D eigenvalue weighted by Gasteiger charge is -2.34. The van der Waals surface area contributed by atoms with Crippen molar-refractivity contribution >= 4 is 11.6 Å². The van der Waals surface area contributed by atoms with Crippen molar-refractivity contribution in [3.63, 3.8) is 0 Å². The van der Waals surface area contributed by atoms with Gasteiger partial charge in [-0.2, -0.15) is 5.10 Å². The number of rotatable bonds is 1. The molecule has 3 rings (SSSR count). The molecule has 1 aliphatic heterocycles. The van der Waals surface area contributed by atoms with Crippen LogP contribution in [0.15, 0.2) is 12.3 Å². The molecule has 0 unspecified atom stereocenters. The smallest absolute Gasteiger partial charge is 0.259 e. The van der Waals surface area contributed by atoms with E-state index in [2.05, 4.69) is 23.9 Å². The third kappa shape index (κ3) is 2.52. The Morgan fingerprint density at radius 3 is 2.57 bits per heavy atom. The molecule has 2 aromatic heterocycles. The molecular weight excluding hydrogens is 264 g/mol. The first-order valence-corrected chi connectivity index (χ1v) is 7.57. The average Bonchev–Trinajstić information content (AvgIpc) is 2.80. The zero-order valence-corrected chi connectivity index (χ0v) is 13.1. The number of fused-ring (bicyclic) bond motifs is 1. The van der Waals surface area contributed by atoms with Crippen LogP contribution >= 0.6 is 0 Å². The highest BCUT2D eigenvalue weighted by molar-refractivity contribution is 5.99. The molecule has 2 atom stereocenters. The second kappa shape index (κ2) is 5.13. The second-order valence-corrected chi connectivity index (χ2v) is 6.49. The predicted molar refractivity (Wildman–Crippen MR) is 81.3 cm³/mol. The quantitative estimate of drug-likeness (QED) is 0.809. The number of hydrogen-bond acceptors (Lipinski definition) is 3. The van der Waals surface area contributed by atoms with Gasteiger partial charge in [0, 0.05) is 24.5 Å².